The lowest BCUT2D eigenvalue weighted by atomic mass is 9.77. The first kappa shape index (κ1) is 47.8. The van der Waals surface area contributed by atoms with E-state index in [2.05, 4.69) is 28.9 Å². The minimum atomic E-state index is -4.47. The zero-order valence-electron chi connectivity index (χ0n) is 38.0. The number of nitrogens with one attached hydrogen (secondary N) is 3. The van der Waals surface area contributed by atoms with Crippen molar-refractivity contribution in [2.24, 2.45) is 0 Å². The Morgan fingerprint density at radius 2 is 1.51 bits per heavy atom. The van der Waals surface area contributed by atoms with Crippen LogP contribution >= 0.6 is 7.75 Å². The number of rotatable bonds is 22. The number of unbranched alkanes of at least 4 members (excludes halogenated alkanes) is 1. The molecule has 6 atom stereocenters. The summed E-state index contributed by atoms with van der Waals surface area (Å²) in [7, 11) is -4.47. The summed E-state index contributed by atoms with van der Waals surface area (Å²) in [5.74, 6) is 0.186. The van der Waals surface area contributed by atoms with E-state index in [1.807, 2.05) is 121 Å². The Balaban J connectivity index is 1.14. The average Bonchev–Trinajstić information content (AvgIpc) is 3.88. The van der Waals surface area contributed by atoms with E-state index < -0.39 is 55.9 Å². The van der Waals surface area contributed by atoms with Gasteiger partial charge in [0, 0.05) is 11.9 Å². The van der Waals surface area contributed by atoms with Gasteiger partial charge in [-0.05, 0) is 61.3 Å². The van der Waals surface area contributed by atoms with Gasteiger partial charge in [-0.3, -0.25) is 13.9 Å². The van der Waals surface area contributed by atoms with Gasteiger partial charge < -0.3 is 34.8 Å². The maximum absolute atomic E-state index is 14.8. The lowest BCUT2D eigenvalue weighted by molar-refractivity contribution is -0.145. The predicted octanol–water partition coefficient (Wildman–Crippen LogP) is 9.07. The Labute approximate surface area is 395 Å². The van der Waals surface area contributed by atoms with Crippen LogP contribution in [0, 0.1) is 0 Å². The second-order valence-corrected chi connectivity index (χ2v) is 18.4. The number of anilines is 2. The van der Waals surface area contributed by atoms with Crippen LogP contribution in [0.2, 0.25) is 0 Å². The number of benzene rings is 5. The van der Waals surface area contributed by atoms with Gasteiger partial charge in [0.2, 0.25) is 5.95 Å². The van der Waals surface area contributed by atoms with Crippen LogP contribution in [0.3, 0.4) is 0 Å². The van der Waals surface area contributed by atoms with Crippen LogP contribution in [0.15, 0.2) is 165 Å². The molecule has 1 saturated heterocycles. The van der Waals surface area contributed by atoms with Crippen molar-refractivity contribution >= 4 is 47.4 Å². The van der Waals surface area contributed by atoms with Crippen molar-refractivity contribution in [2.45, 2.75) is 68.7 Å². The number of hydrogen-bond donors (Lipinski definition) is 5. The fraction of sp³-hybridized carbons (Fsp3) is 0.269. The molecule has 5 aromatic carbocycles. The van der Waals surface area contributed by atoms with E-state index in [1.54, 1.807) is 24.3 Å². The highest BCUT2D eigenvalue weighted by atomic mass is 31.2. The molecule has 0 radical (unpaired) electrons. The Morgan fingerprint density at radius 3 is 2.16 bits per heavy atom. The van der Waals surface area contributed by atoms with E-state index in [9.17, 15) is 19.6 Å². The fourth-order valence-electron chi connectivity index (χ4n) is 8.37. The molecular formula is C52H56N7O8P. The third-order valence-electron chi connectivity index (χ3n) is 11.9. The molecule has 0 spiro atoms. The number of aliphatic hydroxyl groups is 2. The fourth-order valence-corrected chi connectivity index (χ4v) is 9.89. The predicted molar refractivity (Wildman–Crippen MR) is 263 cm³/mol. The molecule has 15 nitrogen and oxygen atoms in total. The second kappa shape index (κ2) is 21.1. The number of nitrogens with zero attached hydrogens (tertiary/aromatic N) is 4. The monoisotopic (exact) mass is 937 g/mol. The van der Waals surface area contributed by atoms with Crippen molar-refractivity contribution in [3.8, 4) is 5.75 Å². The molecule has 1 aliphatic rings. The number of imidazole rings is 1. The molecule has 2 aromatic heterocycles. The molecule has 0 aliphatic carbocycles. The first-order valence-corrected chi connectivity index (χ1v) is 24.1. The van der Waals surface area contributed by atoms with Gasteiger partial charge in [-0.25, -0.2) is 9.55 Å². The Kier molecular flexibility index (Phi) is 14.8. The average molecular weight is 938 g/mol. The first-order valence-electron chi connectivity index (χ1n) is 22.5. The number of hydrogen-bond acceptors (Lipinski definition) is 13. The zero-order chi connectivity index (χ0) is 47.7. The molecule has 68 heavy (non-hydrogen) atoms. The van der Waals surface area contributed by atoms with Crippen LogP contribution in [0.5, 0.6) is 5.75 Å². The van der Waals surface area contributed by atoms with Crippen LogP contribution in [0.4, 0.5) is 11.8 Å². The SMILES string of the molecule is C=CCCCOC(=O)[C@H](C)NP(=O)(OCC1OC(n2cnc3c(NCCC=C)nc(NC(c4ccccc4)(c4ccccc4)c4ccccc4)nc32)[C@](C)(O)[C@@H]1O)Oc1cccc2ccccc12. The summed E-state index contributed by atoms with van der Waals surface area (Å²) in [4.78, 5) is 27.9. The summed E-state index contributed by atoms with van der Waals surface area (Å²) in [5, 5.41) is 35.2. The topological polar surface area (TPSA) is 191 Å². The van der Waals surface area contributed by atoms with Crippen LogP contribution in [-0.4, -0.2) is 79.3 Å². The normalized spacial score (nSPS) is 19.5. The highest BCUT2D eigenvalue weighted by molar-refractivity contribution is 7.52. The molecule has 7 aromatic rings. The Hall–Kier alpha value is -6.71. The van der Waals surface area contributed by atoms with E-state index in [4.69, 9.17) is 33.5 Å². The third kappa shape index (κ3) is 10.1. The summed E-state index contributed by atoms with van der Waals surface area (Å²) in [6.07, 6.45) is 2.68. The van der Waals surface area contributed by atoms with E-state index in [0.29, 0.717) is 42.5 Å². The molecule has 0 bridgehead atoms. The summed E-state index contributed by atoms with van der Waals surface area (Å²) in [6.45, 7) is 10.6. The molecule has 1 fully saturated rings. The standard InChI is InChI=1S/C52H56N7O8P/c1-5-7-20-33-64-48(61)36(3)58-68(63,67-42-31-21-23-37-22-18-19-30-41(37)42)65-34-43-45(60)51(4,62)49(66-43)59-35-54-44-46(53-32-8-6-2)55-50(56-47(44)59)57-52(38-24-12-9-13-25-38,39-26-14-10-15-27-39)40-28-16-11-17-29-40/h5-6,9-19,21-31,35-36,43,45,49,60,62H,1-2,7-8,20,32-34H2,3-4H3,(H,58,63)(H2,53,55,56,57)/t36-,43?,45+,49?,51+,68?/m0/s1. The highest BCUT2D eigenvalue weighted by Crippen LogP contribution is 2.49. The minimum absolute atomic E-state index is 0.135. The lowest BCUT2D eigenvalue weighted by Gasteiger charge is -2.37. The van der Waals surface area contributed by atoms with Crippen LogP contribution < -0.4 is 20.2 Å². The Bertz CT molecular complexity index is 2780. The van der Waals surface area contributed by atoms with Crippen molar-refractivity contribution in [1.82, 2.24) is 24.6 Å². The molecule has 1 aliphatic heterocycles. The van der Waals surface area contributed by atoms with Gasteiger partial charge in [-0.15, -0.1) is 13.2 Å². The Morgan fingerprint density at radius 1 is 0.897 bits per heavy atom. The van der Waals surface area contributed by atoms with Crippen molar-refractivity contribution in [3.05, 3.63) is 182 Å². The van der Waals surface area contributed by atoms with Gasteiger partial charge >= 0.3 is 13.7 Å². The molecule has 3 heterocycles. The molecule has 0 amide bonds. The molecule has 16 heteroatoms. The number of allylic oxidation sites excluding steroid dienone is 1. The summed E-state index contributed by atoms with van der Waals surface area (Å²) in [5.41, 5.74) is 0.456. The summed E-state index contributed by atoms with van der Waals surface area (Å²) >= 11 is 0. The third-order valence-corrected chi connectivity index (χ3v) is 13.5. The first-order chi connectivity index (χ1) is 33.0. The van der Waals surface area contributed by atoms with Gasteiger partial charge in [-0.1, -0.05) is 140 Å². The number of carbonyl (C=O) groups is 1. The van der Waals surface area contributed by atoms with Crippen molar-refractivity contribution in [1.29, 1.82) is 0 Å². The van der Waals surface area contributed by atoms with Gasteiger partial charge in [0.15, 0.2) is 23.2 Å². The van der Waals surface area contributed by atoms with Gasteiger partial charge in [0.25, 0.3) is 0 Å². The van der Waals surface area contributed by atoms with Crippen LogP contribution in [-0.2, 0) is 28.9 Å². The minimum Gasteiger partial charge on any atom is -0.465 e. The highest BCUT2D eigenvalue weighted by Gasteiger charge is 2.54. The smallest absolute Gasteiger partial charge is 0.459 e. The van der Waals surface area contributed by atoms with E-state index in [0.717, 1.165) is 22.1 Å². The molecule has 352 valence electrons. The molecular weight excluding hydrogens is 882 g/mol. The maximum atomic E-state index is 14.8. The molecule has 0 saturated carbocycles. The molecule has 3 unspecified atom stereocenters. The van der Waals surface area contributed by atoms with E-state index in [1.165, 1.54) is 24.7 Å². The van der Waals surface area contributed by atoms with Crippen molar-refractivity contribution in [3.63, 3.8) is 0 Å². The van der Waals surface area contributed by atoms with Crippen molar-refractivity contribution in [2.75, 3.05) is 30.4 Å². The molecule has 5 N–H and O–H groups in total. The van der Waals surface area contributed by atoms with Gasteiger partial charge in [0.1, 0.15) is 35.1 Å². The van der Waals surface area contributed by atoms with Crippen molar-refractivity contribution < 1.29 is 38.1 Å². The number of aromatic nitrogens is 4. The number of ether oxygens (including phenoxy) is 2. The van der Waals surface area contributed by atoms with E-state index in [-0.39, 0.29) is 24.0 Å². The number of fused-ring (bicyclic) bond motifs is 2. The number of esters is 1. The van der Waals surface area contributed by atoms with E-state index >= 15 is 0 Å². The van der Waals surface area contributed by atoms with Gasteiger partial charge in [-0.2, -0.15) is 15.1 Å². The van der Waals surface area contributed by atoms with Crippen LogP contribution in [0.1, 0.15) is 56.0 Å². The molecule has 8 rings (SSSR count). The van der Waals surface area contributed by atoms with Gasteiger partial charge in [0.05, 0.1) is 19.5 Å². The lowest BCUT2D eigenvalue weighted by Crippen LogP contribution is -2.44. The quantitative estimate of drug-likeness (QED) is 0.0142. The maximum Gasteiger partial charge on any atom is 0.459 e. The number of carbonyl (C=O) groups excluding carboxylic acids is 1. The van der Waals surface area contributed by atoms with Crippen LogP contribution in [0.25, 0.3) is 21.9 Å². The number of aliphatic hydroxyl groups excluding tert-OH is 1. The summed E-state index contributed by atoms with van der Waals surface area (Å²) in [6, 6.07) is 41.6. The summed E-state index contributed by atoms with van der Waals surface area (Å²) < 4.78 is 40.4. The largest absolute Gasteiger partial charge is 0.465 e. The zero-order valence-corrected chi connectivity index (χ0v) is 38.9. The second-order valence-electron chi connectivity index (χ2n) is 16.7.